The molecular formula is C12H14Cl2N2O3. The van der Waals surface area contributed by atoms with Gasteiger partial charge < -0.3 is 20.5 Å². The monoisotopic (exact) mass is 304 g/mol. The van der Waals surface area contributed by atoms with E-state index in [2.05, 4.69) is 0 Å². The normalized spacial score (nSPS) is 17.3. The second-order valence-corrected chi connectivity index (χ2v) is 4.97. The Morgan fingerprint density at radius 3 is 2.53 bits per heavy atom. The lowest BCUT2D eigenvalue weighted by molar-refractivity contribution is -0.138. The highest BCUT2D eigenvalue weighted by molar-refractivity contribution is 6.44. The summed E-state index contributed by atoms with van der Waals surface area (Å²) in [5.74, 6) is -1.14. The van der Waals surface area contributed by atoms with Gasteiger partial charge >= 0.3 is 5.97 Å². The fraction of sp³-hybridized carbons (Fsp3) is 0.417. The molecule has 104 valence electrons. The molecule has 5 nitrogen and oxygen atoms in total. The number of aliphatic carboxylic acids is 1. The van der Waals surface area contributed by atoms with Crippen LogP contribution in [0.4, 0.5) is 5.69 Å². The molecule has 0 aromatic heterocycles. The number of carboxylic acid groups (broad SMARTS) is 1. The molecule has 1 fully saturated rings. The number of anilines is 1. The van der Waals surface area contributed by atoms with Gasteiger partial charge in [-0.25, -0.2) is 0 Å². The second-order valence-electron chi connectivity index (χ2n) is 4.22. The number of nitrogens with zero attached hydrogens (tertiary/aromatic N) is 1. The van der Waals surface area contributed by atoms with Gasteiger partial charge in [0, 0.05) is 18.7 Å². The molecule has 1 saturated heterocycles. The smallest absolute Gasteiger partial charge is 0.325 e. The number of nitrogens with two attached hydrogens (primary N) is 1. The first-order chi connectivity index (χ1) is 9.02. The summed E-state index contributed by atoms with van der Waals surface area (Å²) in [5, 5.41) is 9.44. The Labute approximate surface area is 120 Å². The minimum absolute atomic E-state index is 0.195. The van der Waals surface area contributed by atoms with Crippen molar-refractivity contribution in [3.05, 3.63) is 27.7 Å². The van der Waals surface area contributed by atoms with E-state index < -0.39 is 12.0 Å². The SMILES string of the molecule is N[C@H](C(=O)O)c1ccc(N2CCOCC2)c(Cl)c1Cl. The Bertz CT molecular complexity index is 490. The van der Waals surface area contributed by atoms with Gasteiger partial charge in [-0.05, 0) is 6.07 Å². The van der Waals surface area contributed by atoms with Gasteiger partial charge in [0.2, 0.25) is 0 Å². The van der Waals surface area contributed by atoms with Crippen molar-refractivity contribution in [3.8, 4) is 0 Å². The topological polar surface area (TPSA) is 75.8 Å². The zero-order chi connectivity index (χ0) is 14.0. The summed E-state index contributed by atoms with van der Waals surface area (Å²) >= 11 is 12.3. The van der Waals surface area contributed by atoms with Gasteiger partial charge in [0.25, 0.3) is 0 Å². The van der Waals surface area contributed by atoms with Crippen LogP contribution in [0.2, 0.25) is 10.0 Å². The third-order valence-electron chi connectivity index (χ3n) is 3.04. The summed E-state index contributed by atoms with van der Waals surface area (Å²) < 4.78 is 5.27. The second kappa shape index (κ2) is 5.96. The zero-order valence-electron chi connectivity index (χ0n) is 10.1. The van der Waals surface area contributed by atoms with Crippen LogP contribution in [0.3, 0.4) is 0 Å². The highest BCUT2D eigenvalue weighted by atomic mass is 35.5. The van der Waals surface area contributed by atoms with Crippen LogP contribution in [0.1, 0.15) is 11.6 Å². The molecule has 0 saturated carbocycles. The van der Waals surface area contributed by atoms with E-state index in [1.807, 2.05) is 4.90 Å². The van der Waals surface area contributed by atoms with Crippen LogP contribution in [-0.4, -0.2) is 37.4 Å². The Morgan fingerprint density at radius 1 is 1.32 bits per heavy atom. The first-order valence-corrected chi connectivity index (χ1v) is 6.57. The molecule has 0 spiro atoms. The number of ether oxygens (including phenoxy) is 1. The third-order valence-corrected chi connectivity index (χ3v) is 3.93. The third kappa shape index (κ3) is 2.95. The molecule has 1 aliphatic rings. The average Bonchev–Trinajstić information content (AvgIpc) is 2.42. The van der Waals surface area contributed by atoms with E-state index in [-0.39, 0.29) is 5.02 Å². The van der Waals surface area contributed by atoms with Crippen molar-refractivity contribution in [3.63, 3.8) is 0 Å². The molecule has 0 aliphatic carbocycles. The van der Waals surface area contributed by atoms with Crippen LogP contribution in [0.15, 0.2) is 12.1 Å². The maximum atomic E-state index is 10.9. The molecule has 3 N–H and O–H groups in total. The number of morpholine rings is 1. The van der Waals surface area contributed by atoms with Crippen LogP contribution < -0.4 is 10.6 Å². The number of hydrogen-bond acceptors (Lipinski definition) is 4. The predicted octanol–water partition coefficient (Wildman–Crippen LogP) is 1.91. The number of carbonyl (C=O) groups is 1. The van der Waals surface area contributed by atoms with Crippen molar-refractivity contribution in [2.45, 2.75) is 6.04 Å². The van der Waals surface area contributed by atoms with E-state index in [4.69, 9.17) is 38.8 Å². The first kappa shape index (κ1) is 14.4. The van der Waals surface area contributed by atoms with Crippen molar-refractivity contribution in [2.75, 3.05) is 31.2 Å². The lowest BCUT2D eigenvalue weighted by Gasteiger charge is -2.30. The van der Waals surface area contributed by atoms with Crippen LogP contribution >= 0.6 is 23.2 Å². The summed E-state index contributed by atoms with van der Waals surface area (Å²) in [6.45, 7) is 2.70. The van der Waals surface area contributed by atoms with E-state index in [0.29, 0.717) is 23.8 Å². The van der Waals surface area contributed by atoms with Crippen LogP contribution in [0, 0.1) is 0 Å². The molecule has 0 radical (unpaired) electrons. The zero-order valence-corrected chi connectivity index (χ0v) is 11.6. The molecule has 1 aromatic carbocycles. The number of hydrogen-bond donors (Lipinski definition) is 2. The summed E-state index contributed by atoms with van der Waals surface area (Å²) in [4.78, 5) is 12.9. The molecular weight excluding hydrogens is 291 g/mol. The maximum absolute atomic E-state index is 10.9. The molecule has 0 bridgehead atoms. The molecule has 19 heavy (non-hydrogen) atoms. The van der Waals surface area contributed by atoms with Crippen molar-refractivity contribution in [1.29, 1.82) is 0 Å². The summed E-state index contributed by atoms with van der Waals surface area (Å²) in [7, 11) is 0. The standard InChI is InChI=1S/C12H14Cl2N2O3/c13-9-7(11(15)12(17)18)1-2-8(10(9)14)16-3-5-19-6-4-16/h1-2,11H,3-6,15H2,(H,17,18)/t11-/m0/s1. The van der Waals surface area contributed by atoms with Gasteiger partial charge in [-0.1, -0.05) is 29.3 Å². The molecule has 1 heterocycles. The van der Waals surface area contributed by atoms with E-state index in [1.165, 1.54) is 0 Å². The molecule has 0 unspecified atom stereocenters. The highest BCUT2D eigenvalue weighted by Gasteiger charge is 2.23. The van der Waals surface area contributed by atoms with Gasteiger partial charge in [-0.3, -0.25) is 4.79 Å². The molecule has 1 atom stereocenters. The van der Waals surface area contributed by atoms with Gasteiger partial charge in [0.1, 0.15) is 6.04 Å². The summed E-state index contributed by atoms with van der Waals surface area (Å²) in [5.41, 5.74) is 6.65. The summed E-state index contributed by atoms with van der Waals surface area (Å²) in [6, 6.07) is 2.18. The van der Waals surface area contributed by atoms with Crippen molar-refractivity contribution < 1.29 is 14.6 Å². The Balaban J connectivity index is 2.33. The Kier molecular flexibility index (Phi) is 4.52. The van der Waals surface area contributed by atoms with Crippen molar-refractivity contribution in [1.82, 2.24) is 0 Å². The Morgan fingerprint density at radius 2 is 1.95 bits per heavy atom. The van der Waals surface area contributed by atoms with E-state index in [1.54, 1.807) is 12.1 Å². The molecule has 2 rings (SSSR count). The predicted molar refractivity (Wildman–Crippen MR) is 74.1 cm³/mol. The van der Waals surface area contributed by atoms with Gasteiger partial charge in [0.15, 0.2) is 0 Å². The minimum Gasteiger partial charge on any atom is -0.480 e. The molecule has 1 aliphatic heterocycles. The fourth-order valence-electron chi connectivity index (χ4n) is 1.98. The fourth-order valence-corrected chi connectivity index (χ4v) is 2.54. The first-order valence-electron chi connectivity index (χ1n) is 5.81. The molecule has 0 amide bonds. The van der Waals surface area contributed by atoms with Crippen LogP contribution in [0.5, 0.6) is 0 Å². The van der Waals surface area contributed by atoms with Crippen LogP contribution in [-0.2, 0) is 9.53 Å². The number of benzene rings is 1. The molecule has 1 aromatic rings. The van der Waals surface area contributed by atoms with Gasteiger partial charge in [0.05, 0.1) is 28.9 Å². The van der Waals surface area contributed by atoms with Gasteiger partial charge in [-0.15, -0.1) is 0 Å². The maximum Gasteiger partial charge on any atom is 0.325 e. The van der Waals surface area contributed by atoms with Crippen molar-refractivity contribution in [2.24, 2.45) is 5.73 Å². The number of halogens is 2. The number of carboxylic acids is 1. The Hall–Kier alpha value is -1.01. The van der Waals surface area contributed by atoms with Gasteiger partial charge in [-0.2, -0.15) is 0 Å². The van der Waals surface area contributed by atoms with E-state index in [9.17, 15) is 4.79 Å². The quantitative estimate of drug-likeness (QED) is 0.892. The average molecular weight is 305 g/mol. The van der Waals surface area contributed by atoms with Crippen LogP contribution in [0.25, 0.3) is 0 Å². The largest absolute Gasteiger partial charge is 0.480 e. The lowest BCUT2D eigenvalue weighted by Crippen LogP contribution is -2.36. The number of rotatable bonds is 3. The molecule has 7 heteroatoms. The summed E-state index contributed by atoms with van der Waals surface area (Å²) in [6.07, 6.45) is 0. The van der Waals surface area contributed by atoms with E-state index >= 15 is 0 Å². The minimum atomic E-state index is -1.18. The lowest BCUT2D eigenvalue weighted by atomic mass is 10.1. The van der Waals surface area contributed by atoms with Crippen molar-refractivity contribution >= 4 is 34.9 Å². The van der Waals surface area contributed by atoms with E-state index in [0.717, 1.165) is 18.8 Å². The highest BCUT2D eigenvalue weighted by Crippen LogP contribution is 2.37.